The fraction of sp³-hybridized carbons (Fsp3) is 0.571. The highest BCUT2D eigenvalue weighted by molar-refractivity contribution is 5.67. The second kappa shape index (κ2) is 4.96. The van der Waals surface area contributed by atoms with E-state index in [1.165, 1.54) is 5.69 Å². The van der Waals surface area contributed by atoms with Crippen molar-refractivity contribution in [3.63, 3.8) is 0 Å². The van der Waals surface area contributed by atoms with Crippen LogP contribution in [0.3, 0.4) is 0 Å². The monoisotopic (exact) mass is 233 g/mol. The van der Waals surface area contributed by atoms with Crippen LogP contribution >= 0.6 is 0 Å². The highest BCUT2D eigenvalue weighted by Gasteiger charge is 2.25. The lowest BCUT2D eigenvalue weighted by Gasteiger charge is -2.43. The largest absolute Gasteiger partial charge is 0.397 e. The van der Waals surface area contributed by atoms with E-state index in [1.807, 2.05) is 12.1 Å². The van der Waals surface area contributed by atoms with Crippen LogP contribution < -0.4 is 10.6 Å². The van der Waals surface area contributed by atoms with E-state index in [9.17, 15) is 0 Å². The average molecular weight is 233 g/mol. The maximum atomic E-state index is 6.05. The van der Waals surface area contributed by atoms with Crippen molar-refractivity contribution in [1.82, 2.24) is 4.90 Å². The number of piperazine rings is 1. The molecule has 1 aromatic carbocycles. The summed E-state index contributed by atoms with van der Waals surface area (Å²) < 4.78 is 0. The number of nitrogen functional groups attached to an aromatic ring is 1. The van der Waals surface area contributed by atoms with Gasteiger partial charge in [0, 0.05) is 31.7 Å². The van der Waals surface area contributed by atoms with Gasteiger partial charge in [0.25, 0.3) is 0 Å². The minimum atomic E-state index is 0.524. The van der Waals surface area contributed by atoms with Crippen LogP contribution in [0.4, 0.5) is 11.4 Å². The maximum Gasteiger partial charge on any atom is 0.0603 e. The second-order valence-corrected chi connectivity index (χ2v) is 5.19. The van der Waals surface area contributed by atoms with Crippen molar-refractivity contribution < 1.29 is 0 Å². The van der Waals surface area contributed by atoms with Crippen LogP contribution in [0, 0.1) is 0 Å². The number of benzene rings is 1. The molecule has 0 amide bonds. The van der Waals surface area contributed by atoms with Crippen LogP contribution in [-0.4, -0.2) is 36.6 Å². The van der Waals surface area contributed by atoms with Gasteiger partial charge >= 0.3 is 0 Å². The zero-order chi connectivity index (χ0) is 12.4. The first kappa shape index (κ1) is 12.2. The van der Waals surface area contributed by atoms with Gasteiger partial charge in [-0.25, -0.2) is 0 Å². The minimum Gasteiger partial charge on any atom is -0.397 e. The molecular formula is C14H23N3. The number of hydrogen-bond acceptors (Lipinski definition) is 3. The molecule has 1 fully saturated rings. The van der Waals surface area contributed by atoms with Gasteiger partial charge in [-0.05, 0) is 32.9 Å². The predicted octanol–water partition coefficient (Wildman–Crippen LogP) is 2.19. The van der Waals surface area contributed by atoms with Crippen molar-refractivity contribution in [2.75, 3.05) is 30.3 Å². The first-order chi connectivity index (χ1) is 8.09. The average Bonchev–Trinajstić information content (AvgIpc) is 2.30. The van der Waals surface area contributed by atoms with Crippen LogP contribution in [0.1, 0.15) is 20.8 Å². The third kappa shape index (κ3) is 2.55. The zero-order valence-corrected chi connectivity index (χ0v) is 11.1. The predicted molar refractivity (Wildman–Crippen MR) is 74.4 cm³/mol. The van der Waals surface area contributed by atoms with Gasteiger partial charge in [0.2, 0.25) is 0 Å². The molecule has 0 aliphatic carbocycles. The summed E-state index contributed by atoms with van der Waals surface area (Å²) in [6, 6.07) is 9.32. The Morgan fingerprint density at radius 1 is 1.24 bits per heavy atom. The zero-order valence-electron chi connectivity index (χ0n) is 11.1. The highest BCUT2D eigenvalue weighted by Crippen LogP contribution is 2.26. The Kier molecular flexibility index (Phi) is 3.57. The minimum absolute atomic E-state index is 0.524. The molecule has 0 aromatic heterocycles. The standard InChI is InChI=1S/C14H23N3/c1-11(2)16-8-9-17(12(3)10-16)14-7-5-4-6-13(14)15/h4-7,11-12H,8-10,15H2,1-3H3/t12-/m1/s1. The number of anilines is 2. The number of para-hydroxylation sites is 2. The smallest absolute Gasteiger partial charge is 0.0603 e. The fourth-order valence-corrected chi connectivity index (χ4v) is 2.56. The van der Waals surface area contributed by atoms with E-state index < -0.39 is 0 Å². The van der Waals surface area contributed by atoms with E-state index in [-0.39, 0.29) is 0 Å². The molecule has 1 saturated heterocycles. The van der Waals surface area contributed by atoms with Gasteiger partial charge in [0.05, 0.1) is 11.4 Å². The van der Waals surface area contributed by atoms with E-state index >= 15 is 0 Å². The first-order valence-corrected chi connectivity index (χ1v) is 6.45. The Morgan fingerprint density at radius 2 is 1.94 bits per heavy atom. The lowest BCUT2D eigenvalue weighted by atomic mass is 10.1. The Hall–Kier alpha value is -1.22. The van der Waals surface area contributed by atoms with Gasteiger partial charge in [0.1, 0.15) is 0 Å². The van der Waals surface area contributed by atoms with Crippen molar-refractivity contribution >= 4 is 11.4 Å². The number of nitrogens with two attached hydrogens (primary N) is 1. The van der Waals surface area contributed by atoms with Crippen LogP contribution in [0.15, 0.2) is 24.3 Å². The number of hydrogen-bond donors (Lipinski definition) is 1. The van der Waals surface area contributed by atoms with Crippen LogP contribution in [0.5, 0.6) is 0 Å². The van der Waals surface area contributed by atoms with E-state index in [0.717, 1.165) is 25.3 Å². The lowest BCUT2D eigenvalue weighted by molar-refractivity contribution is 0.185. The highest BCUT2D eigenvalue weighted by atomic mass is 15.3. The summed E-state index contributed by atoms with van der Waals surface area (Å²) in [4.78, 5) is 4.95. The van der Waals surface area contributed by atoms with Crippen molar-refractivity contribution in [2.24, 2.45) is 0 Å². The third-order valence-electron chi connectivity index (χ3n) is 3.64. The molecule has 1 aliphatic heterocycles. The first-order valence-electron chi connectivity index (χ1n) is 6.45. The quantitative estimate of drug-likeness (QED) is 0.795. The molecular weight excluding hydrogens is 210 g/mol. The lowest BCUT2D eigenvalue weighted by Crippen LogP contribution is -2.54. The van der Waals surface area contributed by atoms with E-state index in [0.29, 0.717) is 12.1 Å². The van der Waals surface area contributed by atoms with E-state index in [2.05, 4.69) is 42.7 Å². The SMILES string of the molecule is CC(C)N1CCN(c2ccccc2N)[C@H](C)C1. The van der Waals surface area contributed by atoms with Gasteiger partial charge < -0.3 is 10.6 Å². The summed E-state index contributed by atoms with van der Waals surface area (Å²) in [5.41, 5.74) is 8.12. The van der Waals surface area contributed by atoms with Crippen molar-refractivity contribution in [3.8, 4) is 0 Å². The molecule has 0 bridgehead atoms. The molecule has 2 rings (SSSR count). The Balaban J connectivity index is 2.12. The van der Waals surface area contributed by atoms with Crippen LogP contribution in [-0.2, 0) is 0 Å². The number of rotatable bonds is 2. The Morgan fingerprint density at radius 3 is 2.53 bits per heavy atom. The normalized spacial score (nSPS) is 22.1. The number of nitrogens with zero attached hydrogens (tertiary/aromatic N) is 2. The molecule has 3 heteroatoms. The summed E-state index contributed by atoms with van der Waals surface area (Å²) in [6.45, 7) is 10.1. The second-order valence-electron chi connectivity index (χ2n) is 5.19. The molecule has 1 aromatic rings. The molecule has 3 nitrogen and oxygen atoms in total. The van der Waals surface area contributed by atoms with Crippen molar-refractivity contribution in [1.29, 1.82) is 0 Å². The molecule has 0 saturated carbocycles. The van der Waals surface area contributed by atoms with Gasteiger partial charge in [-0.2, -0.15) is 0 Å². The Labute approximate surface area is 104 Å². The van der Waals surface area contributed by atoms with Gasteiger partial charge in [-0.1, -0.05) is 12.1 Å². The van der Waals surface area contributed by atoms with Crippen LogP contribution in [0.25, 0.3) is 0 Å². The topological polar surface area (TPSA) is 32.5 Å². The molecule has 0 radical (unpaired) electrons. The van der Waals surface area contributed by atoms with Crippen molar-refractivity contribution in [2.45, 2.75) is 32.9 Å². The van der Waals surface area contributed by atoms with E-state index in [1.54, 1.807) is 0 Å². The summed E-state index contributed by atoms with van der Waals surface area (Å²) in [5, 5.41) is 0. The van der Waals surface area contributed by atoms with E-state index in [4.69, 9.17) is 5.73 Å². The molecule has 0 unspecified atom stereocenters. The molecule has 2 N–H and O–H groups in total. The molecule has 1 aliphatic rings. The maximum absolute atomic E-state index is 6.05. The summed E-state index contributed by atoms with van der Waals surface area (Å²) in [7, 11) is 0. The molecule has 1 heterocycles. The summed E-state index contributed by atoms with van der Waals surface area (Å²) in [5.74, 6) is 0. The molecule has 94 valence electrons. The molecule has 17 heavy (non-hydrogen) atoms. The fourth-order valence-electron chi connectivity index (χ4n) is 2.56. The van der Waals surface area contributed by atoms with Crippen LogP contribution in [0.2, 0.25) is 0 Å². The summed E-state index contributed by atoms with van der Waals surface area (Å²) >= 11 is 0. The van der Waals surface area contributed by atoms with Crippen molar-refractivity contribution in [3.05, 3.63) is 24.3 Å². The van der Waals surface area contributed by atoms with Gasteiger partial charge in [0.15, 0.2) is 0 Å². The molecule has 0 spiro atoms. The summed E-state index contributed by atoms with van der Waals surface area (Å²) in [6.07, 6.45) is 0. The Bertz CT molecular complexity index is 375. The van der Waals surface area contributed by atoms with Gasteiger partial charge in [-0.15, -0.1) is 0 Å². The third-order valence-corrected chi connectivity index (χ3v) is 3.64. The molecule has 1 atom stereocenters. The van der Waals surface area contributed by atoms with Gasteiger partial charge in [-0.3, -0.25) is 4.90 Å².